The summed E-state index contributed by atoms with van der Waals surface area (Å²) < 4.78 is 28.2. The van der Waals surface area contributed by atoms with Crippen molar-refractivity contribution < 1.29 is 13.9 Å². The summed E-state index contributed by atoms with van der Waals surface area (Å²) in [7, 11) is 1.62. The van der Waals surface area contributed by atoms with Gasteiger partial charge in [-0.15, -0.1) is 0 Å². The van der Waals surface area contributed by atoms with Crippen molar-refractivity contribution in [1.82, 2.24) is 0 Å². The Balaban J connectivity index is 2.38. The Hall–Kier alpha value is -1.65. The topological polar surface area (TPSA) is 23.5 Å². The standard InChI is InChI=1S/C16H16ClF2NO/c1-10(12-4-3-5-13(17)8-12)20(2)16-14(18)6-11(9-21)7-15(16)19/h3-8,10,21H,9H2,1-2H3. The predicted molar refractivity (Wildman–Crippen MR) is 80.6 cm³/mol. The molecule has 1 atom stereocenters. The number of nitrogens with zero attached hydrogens (tertiary/aromatic N) is 1. The predicted octanol–water partition coefficient (Wildman–Crippen LogP) is 4.31. The van der Waals surface area contributed by atoms with Crippen LogP contribution in [0, 0.1) is 11.6 Å². The zero-order chi connectivity index (χ0) is 15.6. The molecule has 0 aliphatic heterocycles. The Bertz CT molecular complexity index is 625. The van der Waals surface area contributed by atoms with Crippen LogP contribution in [0.5, 0.6) is 0 Å². The van der Waals surface area contributed by atoms with E-state index in [0.29, 0.717) is 5.02 Å². The van der Waals surface area contributed by atoms with E-state index < -0.39 is 18.2 Å². The molecule has 0 radical (unpaired) electrons. The lowest BCUT2D eigenvalue weighted by atomic mass is 10.1. The van der Waals surface area contributed by atoms with E-state index in [4.69, 9.17) is 16.7 Å². The van der Waals surface area contributed by atoms with Crippen molar-refractivity contribution in [1.29, 1.82) is 0 Å². The van der Waals surface area contributed by atoms with Crippen LogP contribution in [0.3, 0.4) is 0 Å². The van der Waals surface area contributed by atoms with Crippen LogP contribution in [0.2, 0.25) is 5.02 Å². The van der Waals surface area contributed by atoms with Crippen LogP contribution in [0.25, 0.3) is 0 Å². The smallest absolute Gasteiger partial charge is 0.149 e. The molecule has 0 aromatic heterocycles. The first kappa shape index (κ1) is 15.7. The minimum Gasteiger partial charge on any atom is -0.392 e. The summed E-state index contributed by atoms with van der Waals surface area (Å²) in [5.74, 6) is -1.40. The number of aliphatic hydroxyl groups excluding tert-OH is 1. The van der Waals surface area contributed by atoms with Crippen LogP contribution in [-0.4, -0.2) is 12.2 Å². The third kappa shape index (κ3) is 3.34. The van der Waals surface area contributed by atoms with Crippen molar-refractivity contribution in [3.8, 4) is 0 Å². The quantitative estimate of drug-likeness (QED) is 0.909. The number of rotatable bonds is 4. The maximum atomic E-state index is 14.1. The highest BCUT2D eigenvalue weighted by molar-refractivity contribution is 6.30. The van der Waals surface area contributed by atoms with Gasteiger partial charge in [0.2, 0.25) is 0 Å². The number of aliphatic hydroxyl groups is 1. The molecule has 1 N–H and O–H groups in total. The number of benzene rings is 2. The molecular formula is C16H16ClF2NO. The highest BCUT2D eigenvalue weighted by atomic mass is 35.5. The van der Waals surface area contributed by atoms with Gasteiger partial charge < -0.3 is 10.0 Å². The van der Waals surface area contributed by atoms with Crippen molar-refractivity contribution in [2.45, 2.75) is 19.6 Å². The van der Waals surface area contributed by atoms with Crippen molar-refractivity contribution in [2.24, 2.45) is 0 Å². The van der Waals surface area contributed by atoms with E-state index in [2.05, 4.69) is 0 Å². The van der Waals surface area contributed by atoms with Gasteiger partial charge in [-0.3, -0.25) is 0 Å². The molecule has 0 saturated carbocycles. The summed E-state index contributed by atoms with van der Waals surface area (Å²) in [5, 5.41) is 9.55. The Morgan fingerprint density at radius 2 is 1.81 bits per heavy atom. The summed E-state index contributed by atoms with van der Waals surface area (Å²) >= 11 is 5.95. The molecule has 0 amide bonds. The summed E-state index contributed by atoms with van der Waals surface area (Å²) in [4.78, 5) is 1.51. The van der Waals surface area contributed by atoms with E-state index in [0.717, 1.165) is 17.7 Å². The van der Waals surface area contributed by atoms with Gasteiger partial charge in [-0.25, -0.2) is 8.78 Å². The largest absolute Gasteiger partial charge is 0.392 e. The first-order valence-corrected chi connectivity index (χ1v) is 6.89. The molecule has 0 bridgehead atoms. The number of hydrogen-bond donors (Lipinski definition) is 1. The van der Waals surface area contributed by atoms with E-state index in [-0.39, 0.29) is 17.3 Å². The molecular weight excluding hydrogens is 296 g/mol. The van der Waals surface area contributed by atoms with Gasteiger partial charge in [0.15, 0.2) is 0 Å². The van der Waals surface area contributed by atoms with Crippen LogP contribution in [0.4, 0.5) is 14.5 Å². The fourth-order valence-electron chi connectivity index (χ4n) is 2.23. The molecule has 1 unspecified atom stereocenters. The fourth-order valence-corrected chi connectivity index (χ4v) is 2.43. The molecule has 5 heteroatoms. The Labute approximate surface area is 127 Å². The Morgan fingerprint density at radius 3 is 2.33 bits per heavy atom. The minimum atomic E-state index is -0.699. The summed E-state index contributed by atoms with van der Waals surface area (Å²) in [6.45, 7) is 1.44. The average Bonchev–Trinajstić information content (AvgIpc) is 2.45. The van der Waals surface area contributed by atoms with Gasteiger partial charge in [0.05, 0.1) is 12.6 Å². The molecule has 112 valence electrons. The lowest BCUT2D eigenvalue weighted by molar-refractivity contribution is 0.280. The van der Waals surface area contributed by atoms with Gasteiger partial charge in [-0.2, -0.15) is 0 Å². The second-order valence-electron chi connectivity index (χ2n) is 4.91. The minimum absolute atomic E-state index is 0.125. The maximum Gasteiger partial charge on any atom is 0.149 e. The molecule has 0 heterocycles. The number of anilines is 1. The summed E-state index contributed by atoms with van der Waals surface area (Å²) in [5.41, 5.74) is 0.937. The van der Waals surface area contributed by atoms with Crippen LogP contribution >= 0.6 is 11.6 Å². The summed E-state index contributed by atoms with van der Waals surface area (Å²) in [6.07, 6.45) is 0. The second kappa shape index (κ2) is 6.41. The molecule has 2 rings (SSSR count). The first-order chi connectivity index (χ1) is 9.93. The van der Waals surface area contributed by atoms with Gasteiger partial charge >= 0.3 is 0 Å². The fraction of sp³-hybridized carbons (Fsp3) is 0.250. The van der Waals surface area contributed by atoms with Gasteiger partial charge in [0.25, 0.3) is 0 Å². The van der Waals surface area contributed by atoms with Crippen molar-refractivity contribution >= 4 is 17.3 Å². The number of halogens is 3. The SMILES string of the molecule is CC(c1cccc(Cl)c1)N(C)c1c(F)cc(CO)cc1F. The van der Waals surface area contributed by atoms with Crippen LogP contribution in [0.1, 0.15) is 24.1 Å². The zero-order valence-electron chi connectivity index (χ0n) is 11.8. The Morgan fingerprint density at radius 1 is 1.19 bits per heavy atom. The Kier molecular flexibility index (Phi) is 4.80. The zero-order valence-corrected chi connectivity index (χ0v) is 12.5. The van der Waals surface area contributed by atoms with Gasteiger partial charge in [0.1, 0.15) is 17.3 Å². The van der Waals surface area contributed by atoms with E-state index >= 15 is 0 Å². The lowest BCUT2D eigenvalue weighted by Gasteiger charge is -2.28. The van der Waals surface area contributed by atoms with Gasteiger partial charge in [-0.05, 0) is 42.3 Å². The second-order valence-corrected chi connectivity index (χ2v) is 5.34. The lowest BCUT2D eigenvalue weighted by Crippen LogP contribution is -2.24. The van der Waals surface area contributed by atoms with E-state index in [1.807, 2.05) is 13.0 Å². The number of hydrogen-bond acceptors (Lipinski definition) is 2. The van der Waals surface area contributed by atoms with E-state index in [1.54, 1.807) is 25.2 Å². The monoisotopic (exact) mass is 311 g/mol. The third-order valence-electron chi connectivity index (χ3n) is 3.52. The van der Waals surface area contributed by atoms with Crippen molar-refractivity contribution in [2.75, 3.05) is 11.9 Å². The highest BCUT2D eigenvalue weighted by Crippen LogP contribution is 2.31. The molecule has 0 fully saturated rings. The molecule has 0 aliphatic carbocycles. The van der Waals surface area contributed by atoms with Gasteiger partial charge in [-0.1, -0.05) is 23.7 Å². The van der Waals surface area contributed by atoms with Crippen LogP contribution in [0.15, 0.2) is 36.4 Å². The molecule has 0 saturated heterocycles. The molecule has 0 aliphatic rings. The highest BCUT2D eigenvalue weighted by Gasteiger charge is 2.20. The average molecular weight is 312 g/mol. The van der Waals surface area contributed by atoms with Crippen LogP contribution in [-0.2, 0) is 6.61 Å². The third-order valence-corrected chi connectivity index (χ3v) is 3.76. The van der Waals surface area contributed by atoms with Crippen LogP contribution < -0.4 is 4.90 Å². The molecule has 21 heavy (non-hydrogen) atoms. The first-order valence-electron chi connectivity index (χ1n) is 6.51. The van der Waals surface area contributed by atoms with Crippen molar-refractivity contribution in [3.05, 3.63) is 64.2 Å². The van der Waals surface area contributed by atoms with Crippen molar-refractivity contribution in [3.63, 3.8) is 0 Å². The maximum absolute atomic E-state index is 14.1. The molecule has 0 spiro atoms. The van der Waals surface area contributed by atoms with E-state index in [9.17, 15) is 8.78 Å². The summed E-state index contributed by atoms with van der Waals surface area (Å²) in [6, 6.07) is 9.18. The van der Waals surface area contributed by atoms with Gasteiger partial charge in [0, 0.05) is 12.1 Å². The molecule has 2 nitrogen and oxygen atoms in total. The van der Waals surface area contributed by atoms with E-state index in [1.165, 1.54) is 4.90 Å². The molecule has 2 aromatic carbocycles. The normalized spacial score (nSPS) is 12.3. The molecule has 2 aromatic rings.